The molecule has 3 fully saturated rings. The smallest absolute Gasteiger partial charge is 0.172 e. The molecule has 3 aliphatic carbocycles. The van der Waals surface area contributed by atoms with E-state index in [1.165, 1.54) is 0 Å². The fraction of sp³-hybridized carbons (Fsp3) is 0.870. The van der Waals surface area contributed by atoms with Gasteiger partial charge in [0.2, 0.25) is 0 Å². The average molecular weight is 847 g/mol. The van der Waals surface area contributed by atoms with Crippen molar-refractivity contribution in [3.63, 3.8) is 0 Å². The maximum Gasteiger partial charge on any atom is 0.172 e. The van der Waals surface area contributed by atoms with E-state index in [-0.39, 0.29) is 124 Å². The van der Waals surface area contributed by atoms with Gasteiger partial charge in [-0.2, -0.15) is 0 Å². The van der Waals surface area contributed by atoms with Gasteiger partial charge in [0.1, 0.15) is 11.7 Å². The van der Waals surface area contributed by atoms with Crippen LogP contribution in [0.2, 0.25) is 0 Å². The second-order valence-electron chi connectivity index (χ2n) is 11.0. The summed E-state index contributed by atoms with van der Waals surface area (Å²) in [6.07, 6.45) is -0.421. The Morgan fingerprint density at radius 2 is 1.63 bits per heavy atom. The molecule has 0 spiro atoms. The average Bonchev–Trinajstić information content (AvgIpc) is 2.60. The number of rotatable bonds is 0. The first-order chi connectivity index (χ1) is 12.7. The van der Waals surface area contributed by atoms with Gasteiger partial charge in [-0.3, -0.25) is 4.79 Å². The zero-order chi connectivity index (χ0) is 21.0. The van der Waals surface area contributed by atoms with Crippen LogP contribution in [0.3, 0.4) is 0 Å². The molecular formula is C23H36Ac2O5. The first kappa shape index (κ1) is 28.4. The quantitative estimate of drug-likeness (QED) is 0.327. The molecule has 5 nitrogen and oxygen atoms in total. The second-order valence-corrected chi connectivity index (χ2v) is 11.0. The largest absolute Gasteiger partial charge is 0.389 e. The first-order valence-corrected chi connectivity index (χ1v) is 10.7. The minimum absolute atomic E-state index is 0. The van der Waals surface area contributed by atoms with Gasteiger partial charge in [0.15, 0.2) is 5.78 Å². The third kappa shape index (κ3) is 3.29. The number of fused-ring (bicyclic) bond motifs is 5. The number of hydrogen-bond acceptors (Lipinski definition) is 5. The summed E-state index contributed by atoms with van der Waals surface area (Å²) in [5, 5.41) is 35.1. The van der Waals surface area contributed by atoms with Crippen LogP contribution in [-0.2, 0) is 9.53 Å². The topological polar surface area (TPSA) is 87.0 Å². The standard InChI is InChI=1S/C23H36O5.2Ac/c1-11-9-23(27)14(4)18-21(7,12(2)8-15-22(18,26)10-28-15)19(25)17(24)16(13(11)3)20(23,5)6;;/h11-12,14-15,17-18,24,26-27H,8-10H2,1-7H3;;/t11-,12-,14-,15?,17?,18?,21+,22?,23?;;/m0../s1. The Morgan fingerprint density at radius 1 is 1.07 bits per heavy atom. The molecule has 5 unspecified atom stereocenters. The van der Waals surface area contributed by atoms with E-state index < -0.39 is 34.1 Å². The summed E-state index contributed by atoms with van der Waals surface area (Å²) in [6.45, 7) is 14.0. The van der Waals surface area contributed by atoms with Crippen LogP contribution in [0.4, 0.5) is 0 Å². The number of aliphatic hydroxyl groups excluding tert-OH is 1. The van der Waals surface area contributed by atoms with Crippen LogP contribution in [0.25, 0.3) is 0 Å². The van der Waals surface area contributed by atoms with Crippen LogP contribution in [-0.4, -0.2) is 51.1 Å². The van der Waals surface area contributed by atoms with Gasteiger partial charge in [-0.1, -0.05) is 47.1 Å². The number of Topliss-reactive ketones (excluding diaryl/α,β-unsaturated/α-hetero) is 1. The molecule has 2 saturated carbocycles. The van der Waals surface area contributed by atoms with Gasteiger partial charge < -0.3 is 20.1 Å². The monoisotopic (exact) mass is 846 g/mol. The molecule has 164 valence electrons. The number of carbonyl (C=O) groups is 1. The Kier molecular flexibility index (Phi) is 8.19. The number of aliphatic hydroxyl groups is 3. The van der Waals surface area contributed by atoms with Crippen molar-refractivity contribution in [2.75, 3.05) is 6.61 Å². The van der Waals surface area contributed by atoms with Crippen molar-refractivity contribution in [3.8, 4) is 0 Å². The molecule has 1 saturated heterocycles. The predicted octanol–water partition coefficient (Wildman–Crippen LogP) is 2.47. The van der Waals surface area contributed by atoms with E-state index in [9.17, 15) is 20.1 Å². The van der Waals surface area contributed by atoms with Crippen molar-refractivity contribution >= 4 is 5.78 Å². The SMILES string of the molecule is CC1=C2C(O)C(=O)[C@@]3(C)C([C@H](C)C(O)(C[C@@H]1C)C2(C)C)C1(O)COC1C[C@@H]3C.[Ac].[Ac]. The molecule has 3 N–H and O–H groups in total. The van der Waals surface area contributed by atoms with Crippen LogP contribution in [0.15, 0.2) is 11.1 Å². The molecule has 0 amide bonds. The summed E-state index contributed by atoms with van der Waals surface area (Å²) >= 11 is 0. The molecule has 2 radical (unpaired) electrons. The fourth-order valence-corrected chi connectivity index (χ4v) is 7.55. The zero-order valence-corrected chi connectivity index (χ0v) is 28.9. The molecule has 4 rings (SSSR count). The number of allylic oxidation sites excluding steroid dienone is 1. The number of ketones is 1. The van der Waals surface area contributed by atoms with Gasteiger partial charge in [-0.05, 0) is 43.1 Å². The van der Waals surface area contributed by atoms with Crippen molar-refractivity contribution in [3.05, 3.63) is 11.1 Å². The van der Waals surface area contributed by atoms with Gasteiger partial charge in [0.05, 0.1) is 18.3 Å². The van der Waals surface area contributed by atoms with Crippen LogP contribution in [0.5, 0.6) is 0 Å². The van der Waals surface area contributed by atoms with Crippen LogP contribution < -0.4 is 0 Å². The molecular weight excluding hydrogens is 810 g/mol. The minimum Gasteiger partial charge on any atom is -0.389 e. The van der Waals surface area contributed by atoms with Crippen LogP contribution in [0, 0.1) is 123 Å². The maximum absolute atomic E-state index is 13.9. The number of carbonyl (C=O) groups excluding carboxylic acids is 1. The van der Waals surface area contributed by atoms with Gasteiger partial charge in [0.25, 0.3) is 0 Å². The normalized spacial score (nSPS) is 51.9. The van der Waals surface area contributed by atoms with Gasteiger partial charge in [-0.25, -0.2) is 0 Å². The Morgan fingerprint density at radius 3 is 2.13 bits per heavy atom. The minimum atomic E-state index is -1.26. The van der Waals surface area contributed by atoms with Crippen molar-refractivity contribution in [1.29, 1.82) is 0 Å². The van der Waals surface area contributed by atoms with E-state index in [0.29, 0.717) is 18.4 Å². The second kappa shape index (κ2) is 8.66. The Labute approximate surface area is 252 Å². The van der Waals surface area contributed by atoms with E-state index in [1.54, 1.807) is 0 Å². The summed E-state index contributed by atoms with van der Waals surface area (Å²) in [7, 11) is 0. The number of ether oxygens (including phenoxy) is 1. The van der Waals surface area contributed by atoms with E-state index >= 15 is 0 Å². The van der Waals surface area contributed by atoms with Crippen molar-refractivity contribution in [2.45, 2.75) is 84.7 Å². The third-order valence-electron chi connectivity index (χ3n) is 9.69. The molecule has 9 atom stereocenters. The van der Waals surface area contributed by atoms with Crippen LogP contribution >= 0.6 is 0 Å². The fourth-order valence-electron chi connectivity index (χ4n) is 7.55. The van der Waals surface area contributed by atoms with Crippen molar-refractivity contribution in [1.82, 2.24) is 0 Å². The van der Waals surface area contributed by atoms with E-state index in [1.807, 2.05) is 48.5 Å². The summed E-state index contributed by atoms with van der Waals surface area (Å²) in [4.78, 5) is 13.9. The maximum atomic E-state index is 13.9. The van der Waals surface area contributed by atoms with E-state index in [2.05, 4.69) is 0 Å². The molecule has 7 heteroatoms. The molecule has 4 aliphatic rings. The van der Waals surface area contributed by atoms with Gasteiger partial charge >= 0.3 is 0 Å². The predicted molar refractivity (Wildman–Crippen MR) is 105 cm³/mol. The zero-order valence-electron chi connectivity index (χ0n) is 19.4. The summed E-state index contributed by atoms with van der Waals surface area (Å²) in [6, 6.07) is 0. The molecule has 1 heterocycles. The summed E-state index contributed by atoms with van der Waals surface area (Å²) in [5.41, 5.74) is -2.28. The Balaban J connectivity index is 0.00000160. The van der Waals surface area contributed by atoms with Gasteiger partial charge in [0, 0.05) is 105 Å². The summed E-state index contributed by atoms with van der Waals surface area (Å²) in [5.74, 6) is -1.01. The number of hydrogen-bond donors (Lipinski definition) is 3. The van der Waals surface area contributed by atoms with Crippen molar-refractivity contribution < 1.29 is 113 Å². The third-order valence-corrected chi connectivity index (χ3v) is 9.69. The summed E-state index contributed by atoms with van der Waals surface area (Å²) < 4.78 is 5.70. The molecule has 30 heavy (non-hydrogen) atoms. The Bertz CT molecular complexity index is 767. The van der Waals surface area contributed by atoms with Crippen LogP contribution in [0.1, 0.15) is 61.3 Å². The first-order valence-electron chi connectivity index (χ1n) is 10.7. The molecule has 2 bridgehead atoms. The Hall–Kier alpha value is 2.13. The molecule has 0 aromatic carbocycles. The van der Waals surface area contributed by atoms with Gasteiger partial charge in [-0.15, -0.1) is 0 Å². The van der Waals surface area contributed by atoms with E-state index in [4.69, 9.17) is 4.74 Å². The molecule has 0 aromatic heterocycles. The molecule has 1 aliphatic heterocycles. The van der Waals surface area contributed by atoms with E-state index in [0.717, 1.165) is 5.57 Å². The van der Waals surface area contributed by atoms with Crippen molar-refractivity contribution in [2.24, 2.45) is 34.5 Å². The molecule has 0 aromatic rings.